The molecule has 0 spiro atoms. The van der Waals surface area contributed by atoms with Crippen LogP contribution in [0.25, 0.3) is 10.9 Å². The number of carboxylic acids is 1. The number of aromatic nitrogens is 1. The Morgan fingerprint density at radius 3 is 2.46 bits per heavy atom. The van der Waals surface area contributed by atoms with E-state index >= 15 is 0 Å². The third-order valence-corrected chi connectivity index (χ3v) is 3.61. The highest BCUT2D eigenvalue weighted by atomic mass is 19.4. The predicted octanol–water partition coefficient (Wildman–Crippen LogP) is 1.43. The van der Waals surface area contributed by atoms with E-state index in [0.29, 0.717) is 0 Å². The highest BCUT2D eigenvalue weighted by Gasteiger charge is 2.37. The van der Waals surface area contributed by atoms with Gasteiger partial charge in [-0.05, 0) is 11.6 Å². The molecule has 0 aliphatic rings. The zero-order chi connectivity index (χ0) is 19.5. The first kappa shape index (κ1) is 19.3. The van der Waals surface area contributed by atoms with Crippen molar-refractivity contribution in [3.05, 3.63) is 35.5 Å². The smallest absolute Gasteiger partial charge is 0.431 e. The van der Waals surface area contributed by atoms with Crippen LogP contribution < -0.4 is 10.6 Å². The number of carbonyl (C=O) groups excluding carboxylic acids is 2. The van der Waals surface area contributed by atoms with Crippen molar-refractivity contribution in [1.29, 1.82) is 0 Å². The summed E-state index contributed by atoms with van der Waals surface area (Å²) >= 11 is 0. The number of amides is 2. The summed E-state index contributed by atoms with van der Waals surface area (Å²) in [5, 5.41) is 13.2. The molecule has 10 heteroatoms. The number of H-pyrrole nitrogens is 1. The zero-order valence-corrected chi connectivity index (χ0v) is 13.6. The van der Waals surface area contributed by atoms with Gasteiger partial charge in [0.1, 0.15) is 18.3 Å². The van der Waals surface area contributed by atoms with Gasteiger partial charge < -0.3 is 20.7 Å². The van der Waals surface area contributed by atoms with E-state index in [0.717, 1.165) is 6.92 Å². The minimum Gasteiger partial charge on any atom is -0.480 e. The summed E-state index contributed by atoms with van der Waals surface area (Å²) in [5.74, 6) is -2.84. The summed E-state index contributed by atoms with van der Waals surface area (Å²) < 4.78 is 40.1. The molecule has 2 aromatic rings. The number of aliphatic carboxylic acids is 1. The number of benzene rings is 1. The number of rotatable bonds is 6. The van der Waals surface area contributed by atoms with E-state index in [1.165, 1.54) is 12.1 Å². The van der Waals surface area contributed by atoms with Gasteiger partial charge in [0, 0.05) is 24.2 Å². The van der Waals surface area contributed by atoms with E-state index in [1.54, 1.807) is 12.1 Å². The van der Waals surface area contributed by atoms with E-state index in [9.17, 15) is 27.6 Å². The summed E-state index contributed by atoms with van der Waals surface area (Å²) in [5.41, 5.74) is -0.959. The topological polar surface area (TPSA) is 111 Å². The number of hydrogen-bond donors (Lipinski definition) is 4. The van der Waals surface area contributed by atoms with Gasteiger partial charge in [0.2, 0.25) is 11.8 Å². The fourth-order valence-corrected chi connectivity index (χ4v) is 2.60. The maximum absolute atomic E-state index is 13.4. The molecule has 0 fully saturated rings. The lowest BCUT2D eigenvalue weighted by Gasteiger charge is -2.18. The maximum Gasteiger partial charge on any atom is 0.431 e. The Bertz CT molecular complexity index is 845. The Kier molecular flexibility index (Phi) is 5.53. The Morgan fingerprint density at radius 1 is 1.23 bits per heavy atom. The molecule has 140 valence electrons. The van der Waals surface area contributed by atoms with Crippen LogP contribution in [0.1, 0.15) is 18.2 Å². The first-order valence-corrected chi connectivity index (χ1v) is 7.53. The number of carbonyl (C=O) groups is 3. The SMILES string of the molecule is CC(=O)NC(Cc1c(C(F)(F)F)[nH]c2ccccc12)C(=O)NCC(=O)O. The summed E-state index contributed by atoms with van der Waals surface area (Å²) in [4.78, 5) is 36.3. The third-order valence-electron chi connectivity index (χ3n) is 3.61. The minimum absolute atomic E-state index is 0.183. The molecule has 0 aliphatic heterocycles. The molecule has 1 atom stereocenters. The largest absolute Gasteiger partial charge is 0.480 e. The molecule has 1 heterocycles. The molecular weight excluding hydrogens is 355 g/mol. The number of carboxylic acid groups (broad SMARTS) is 1. The lowest BCUT2D eigenvalue weighted by atomic mass is 10.0. The fourth-order valence-electron chi connectivity index (χ4n) is 2.60. The Morgan fingerprint density at radius 2 is 1.88 bits per heavy atom. The predicted molar refractivity (Wildman–Crippen MR) is 85.3 cm³/mol. The van der Waals surface area contributed by atoms with Gasteiger partial charge in [-0.1, -0.05) is 18.2 Å². The highest BCUT2D eigenvalue weighted by Crippen LogP contribution is 2.36. The van der Waals surface area contributed by atoms with E-state index in [-0.39, 0.29) is 16.5 Å². The average Bonchev–Trinajstić information content (AvgIpc) is 2.90. The van der Waals surface area contributed by atoms with Crippen molar-refractivity contribution in [1.82, 2.24) is 15.6 Å². The lowest BCUT2D eigenvalue weighted by Crippen LogP contribution is -2.48. The number of para-hydroxylation sites is 1. The third kappa shape index (κ3) is 4.52. The van der Waals surface area contributed by atoms with Crippen molar-refractivity contribution < 1.29 is 32.7 Å². The molecule has 0 saturated heterocycles. The Balaban J connectivity index is 2.42. The lowest BCUT2D eigenvalue weighted by molar-refractivity contribution is -0.141. The van der Waals surface area contributed by atoms with Crippen molar-refractivity contribution in [2.45, 2.75) is 25.6 Å². The summed E-state index contributed by atoms with van der Waals surface area (Å²) in [6, 6.07) is 4.69. The molecule has 1 aromatic heterocycles. The maximum atomic E-state index is 13.4. The first-order valence-electron chi connectivity index (χ1n) is 7.53. The number of nitrogens with one attached hydrogen (secondary N) is 3. The monoisotopic (exact) mass is 371 g/mol. The van der Waals surface area contributed by atoms with E-state index in [4.69, 9.17) is 5.11 Å². The van der Waals surface area contributed by atoms with Crippen LogP contribution in [0, 0.1) is 0 Å². The van der Waals surface area contributed by atoms with Gasteiger partial charge in [-0.2, -0.15) is 13.2 Å². The van der Waals surface area contributed by atoms with E-state index in [1.807, 2.05) is 0 Å². The molecule has 0 bridgehead atoms. The van der Waals surface area contributed by atoms with Gasteiger partial charge in [-0.3, -0.25) is 14.4 Å². The van der Waals surface area contributed by atoms with Crippen molar-refractivity contribution in [3.63, 3.8) is 0 Å². The molecule has 4 N–H and O–H groups in total. The molecule has 2 rings (SSSR count). The molecule has 7 nitrogen and oxygen atoms in total. The van der Waals surface area contributed by atoms with Crippen molar-refractivity contribution in [3.8, 4) is 0 Å². The van der Waals surface area contributed by atoms with Gasteiger partial charge in [0.25, 0.3) is 0 Å². The van der Waals surface area contributed by atoms with Gasteiger partial charge in [-0.15, -0.1) is 0 Å². The zero-order valence-electron chi connectivity index (χ0n) is 13.6. The second-order valence-corrected chi connectivity index (χ2v) is 5.59. The van der Waals surface area contributed by atoms with E-state index < -0.39 is 48.7 Å². The highest BCUT2D eigenvalue weighted by molar-refractivity contribution is 5.91. The minimum atomic E-state index is -4.69. The molecule has 26 heavy (non-hydrogen) atoms. The summed E-state index contributed by atoms with van der Waals surface area (Å²) in [6.07, 6.45) is -5.14. The molecular formula is C16H16F3N3O4. The van der Waals surface area contributed by atoms with Crippen LogP contribution in [0.2, 0.25) is 0 Å². The van der Waals surface area contributed by atoms with Gasteiger partial charge in [0.15, 0.2) is 0 Å². The second kappa shape index (κ2) is 7.46. The number of fused-ring (bicyclic) bond motifs is 1. The van der Waals surface area contributed by atoms with Crippen LogP contribution in [-0.2, 0) is 27.0 Å². The summed E-state index contributed by atoms with van der Waals surface area (Å²) in [7, 11) is 0. The van der Waals surface area contributed by atoms with Crippen LogP contribution >= 0.6 is 0 Å². The molecule has 2 amide bonds. The number of alkyl halides is 3. The fraction of sp³-hybridized carbons (Fsp3) is 0.312. The molecule has 0 aliphatic carbocycles. The molecule has 0 radical (unpaired) electrons. The Labute approximate surface area is 145 Å². The number of aromatic amines is 1. The van der Waals surface area contributed by atoms with Gasteiger partial charge in [-0.25, -0.2) is 0 Å². The first-order chi connectivity index (χ1) is 12.1. The second-order valence-electron chi connectivity index (χ2n) is 5.59. The number of hydrogen-bond acceptors (Lipinski definition) is 3. The van der Waals surface area contributed by atoms with Gasteiger partial charge in [0.05, 0.1) is 0 Å². The van der Waals surface area contributed by atoms with Crippen LogP contribution in [-0.4, -0.2) is 40.5 Å². The van der Waals surface area contributed by atoms with Crippen LogP contribution in [0.5, 0.6) is 0 Å². The van der Waals surface area contributed by atoms with Crippen molar-refractivity contribution in [2.24, 2.45) is 0 Å². The standard InChI is InChI=1S/C16H16F3N3O4/c1-8(23)21-12(15(26)20-7-13(24)25)6-10-9-4-2-3-5-11(9)22-14(10)16(17,18)19/h2-5,12,22H,6-7H2,1H3,(H,20,26)(H,21,23)(H,24,25). The van der Waals surface area contributed by atoms with Crippen LogP contribution in [0.15, 0.2) is 24.3 Å². The Hall–Kier alpha value is -3.04. The summed E-state index contributed by atoms with van der Waals surface area (Å²) in [6.45, 7) is 0.395. The number of halogens is 3. The van der Waals surface area contributed by atoms with Crippen molar-refractivity contribution in [2.75, 3.05) is 6.54 Å². The molecule has 0 saturated carbocycles. The molecule has 1 aromatic carbocycles. The normalized spacial score (nSPS) is 12.6. The van der Waals surface area contributed by atoms with Gasteiger partial charge >= 0.3 is 12.1 Å². The quantitative estimate of drug-likeness (QED) is 0.616. The van der Waals surface area contributed by atoms with E-state index in [2.05, 4.69) is 15.6 Å². The van der Waals surface area contributed by atoms with Crippen LogP contribution in [0.3, 0.4) is 0 Å². The molecule has 1 unspecified atom stereocenters. The van der Waals surface area contributed by atoms with Crippen molar-refractivity contribution >= 4 is 28.7 Å². The average molecular weight is 371 g/mol. The van der Waals surface area contributed by atoms with Crippen LogP contribution in [0.4, 0.5) is 13.2 Å².